The number of hydrogen-bond donors (Lipinski definition) is 0. The highest BCUT2D eigenvalue weighted by atomic mass is 35.5. The zero-order valence-corrected chi connectivity index (χ0v) is 17.3. The highest BCUT2D eigenvalue weighted by Gasteiger charge is 2.43. The third kappa shape index (κ3) is 3.52. The average molecular weight is 402 g/mol. The molecule has 2 heterocycles. The summed E-state index contributed by atoms with van der Waals surface area (Å²) in [5.41, 5.74) is 4.31. The van der Waals surface area contributed by atoms with Crippen molar-refractivity contribution in [2.75, 3.05) is 13.6 Å². The van der Waals surface area contributed by atoms with Gasteiger partial charge in [0.1, 0.15) is 5.60 Å². The molecule has 0 radical (unpaired) electrons. The van der Waals surface area contributed by atoms with Crippen molar-refractivity contribution >= 4 is 35.8 Å². The van der Waals surface area contributed by atoms with Crippen LogP contribution < -0.4 is 5.46 Å². The van der Waals surface area contributed by atoms with Gasteiger partial charge < -0.3 is 14.2 Å². The van der Waals surface area contributed by atoms with Crippen molar-refractivity contribution in [1.29, 1.82) is 0 Å². The van der Waals surface area contributed by atoms with E-state index in [0.717, 1.165) is 18.6 Å². The van der Waals surface area contributed by atoms with Crippen molar-refractivity contribution < 1.29 is 9.31 Å². The van der Waals surface area contributed by atoms with Crippen molar-refractivity contribution in [3.05, 3.63) is 75.5 Å². The van der Waals surface area contributed by atoms with Gasteiger partial charge in [0.25, 0.3) is 0 Å². The minimum atomic E-state index is -0.472. The van der Waals surface area contributed by atoms with E-state index in [-0.39, 0.29) is 5.92 Å². The van der Waals surface area contributed by atoms with Crippen LogP contribution in [0.3, 0.4) is 0 Å². The zero-order chi connectivity index (χ0) is 19.3. The first kappa shape index (κ1) is 18.9. The first-order chi connectivity index (χ1) is 12.7. The molecule has 0 saturated carbocycles. The quantitative estimate of drug-likeness (QED) is 0.686. The van der Waals surface area contributed by atoms with Gasteiger partial charge in [-0.25, -0.2) is 0 Å². The smallest absolute Gasteiger partial charge is 0.534 e. The summed E-state index contributed by atoms with van der Waals surface area (Å²) in [5, 5.41) is 1.17. The second-order valence-electron chi connectivity index (χ2n) is 7.88. The van der Waals surface area contributed by atoms with Gasteiger partial charge in [0, 0.05) is 19.0 Å². The molecule has 1 unspecified atom stereocenters. The topological polar surface area (TPSA) is 21.7 Å². The predicted molar refractivity (Wildman–Crippen MR) is 112 cm³/mol. The molecule has 0 N–H and O–H groups in total. The van der Waals surface area contributed by atoms with E-state index >= 15 is 0 Å². The molecule has 2 aliphatic rings. The number of benzene rings is 2. The van der Waals surface area contributed by atoms with Crippen molar-refractivity contribution in [3.8, 4) is 0 Å². The van der Waals surface area contributed by atoms with E-state index in [0.29, 0.717) is 15.8 Å². The summed E-state index contributed by atoms with van der Waals surface area (Å²) >= 11 is 12.4. The van der Waals surface area contributed by atoms with Gasteiger partial charge in [-0.05, 0) is 55.2 Å². The van der Waals surface area contributed by atoms with E-state index in [1.165, 1.54) is 16.7 Å². The molecule has 1 fully saturated rings. The lowest BCUT2D eigenvalue weighted by Crippen LogP contribution is -2.37. The highest BCUT2D eigenvalue weighted by Crippen LogP contribution is 2.36. The first-order valence-electron chi connectivity index (χ1n) is 9.04. The number of halogens is 2. The minimum absolute atomic E-state index is 0.249. The Bertz CT molecular complexity index is 915. The van der Waals surface area contributed by atoms with Gasteiger partial charge in [0.15, 0.2) is 0 Å². The summed E-state index contributed by atoms with van der Waals surface area (Å²) in [4.78, 5) is 2.32. The Morgan fingerprint density at radius 1 is 1.15 bits per heavy atom. The van der Waals surface area contributed by atoms with Crippen LogP contribution in [0.25, 0.3) is 0 Å². The number of nitrogens with zero attached hydrogens (tertiary/aromatic N) is 1. The molecule has 4 rings (SSSR count). The number of fused-ring (bicyclic) bond motifs is 1. The van der Waals surface area contributed by atoms with Crippen LogP contribution >= 0.6 is 23.2 Å². The highest BCUT2D eigenvalue weighted by molar-refractivity contribution is 6.62. The molecule has 0 spiro atoms. The summed E-state index contributed by atoms with van der Waals surface area (Å²) in [6.45, 7) is 9.74. The van der Waals surface area contributed by atoms with Crippen LogP contribution in [0.4, 0.5) is 0 Å². The van der Waals surface area contributed by atoms with Crippen LogP contribution in [0.15, 0.2) is 48.7 Å². The molecule has 1 atom stereocenters. The van der Waals surface area contributed by atoms with Gasteiger partial charge in [-0.3, -0.25) is 0 Å². The van der Waals surface area contributed by atoms with Gasteiger partial charge in [-0.15, -0.1) is 0 Å². The van der Waals surface area contributed by atoms with Gasteiger partial charge in [-0.1, -0.05) is 54.0 Å². The fraction of sp³-hybridized carbons (Fsp3) is 0.333. The lowest BCUT2D eigenvalue weighted by molar-refractivity contribution is 0.173. The third-order valence-electron chi connectivity index (χ3n) is 5.42. The summed E-state index contributed by atoms with van der Waals surface area (Å²) in [6.07, 6.45) is 0. The summed E-state index contributed by atoms with van der Waals surface area (Å²) in [5.74, 6) is 0.912. The van der Waals surface area contributed by atoms with Crippen molar-refractivity contribution in [2.24, 2.45) is 0 Å². The fourth-order valence-corrected chi connectivity index (χ4v) is 4.10. The first-order valence-corrected chi connectivity index (χ1v) is 9.80. The molecular formula is C21H22BCl2NO2. The molecular weight excluding hydrogens is 380 g/mol. The Kier molecular flexibility index (Phi) is 4.80. The van der Waals surface area contributed by atoms with E-state index < -0.39 is 12.7 Å². The van der Waals surface area contributed by atoms with E-state index in [1.807, 2.05) is 26.0 Å². The van der Waals surface area contributed by atoms with Gasteiger partial charge in [0.2, 0.25) is 0 Å². The summed E-state index contributed by atoms with van der Waals surface area (Å²) < 4.78 is 11.9. The largest absolute Gasteiger partial charge is 0.563 e. The third-order valence-corrected chi connectivity index (χ3v) is 6.16. The van der Waals surface area contributed by atoms with E-state index in [9.17, 15) is 0 Å². The van der Waals surface area contributed by atoms with Crippen molar-refractivity contribution in [1.82, 2.24) is 4.90 Å². The molecule has 0 amide bonds. The number of likely N-dealkylation sites (N-methyl/N-ethyl adjacent to an activating group) is 1. The molecule has 140 valence electrons. The molecule has 2 aromatic carbocycles. The maximum atomic E-state index is 6.26. The second-order valence-corrected chi connectivity index (χ2v) is 8.70. The summed E-state index contributed by atoms with van der Waals surface area (Å²) in [6, 6.07) is 12.4. The van der Waals surface area contributed by atoms with Gasteiger partial charge >= 0.3 is 7.12 Å². The van der Waals surface area contributed by atoms with Crippen molar-refractivity contribution in [3.63, 3.8) is 0 Å². The predicted octanol–water partition coefficient (Wildman–Crippen LogP) is 4.61. The molecule has 0 aromatic heterocycles. The van der Waals surface area contributed by atoms with E-state index in [1.54, 1.807) is 0 Å². The van der Waals surface area contributed by atoms with E-state index in [2.05, 4.69) is 42.8 Å². The Hall–Kier alpha value is -1.46. The second kappa shape index (κ2) is 6.86. The van der Waals surface area contributed by atoms with Gasteiger partial charge in [0.05, 0.1) is 15.8 Å². The molecule has 2 aliphatic heterocycles. The molecule has 0 aliphatic carbocycles. The van der Waals surface area contributed by atoms with E-state index in [4.69, 9.17) is 32.5 Å². The fourth-order valence-electron chi connectivity index (χ4n) is 3.79. The maximum Gasteiger partial charge on any atom is 0.563 e. The van der Waals surface area contributed by atoms with Crippen LogP contribution in [0.5, 0.6) is 0 Å². The average Bonchev–Trinajstić information content (AvgIpc) is 2.89. The monoisotopic (exact) mass is 401 g/mol. The van der Waals surface area contributed by atoms with Crippen LogP contribution in [0, 0.1) is 0 Å². The molecule has 1 saturated heterocycles. The van der Waals surface area contributed by atoms with Crippen molar-refractivity contribution in [2.45, 2.75) is 31.9 Å². The lowest BCUT2D eigenvalue weighted by Gasteiger charge is -2.33. The molecule has 2 aromatic rings. The SMILES string of the molecule is C=C1OB(c2ccc3c(c2)CN(C)CC3c2ccc(Cl)c(Cl)c2)OC1(C)C. The number of hydrogen-bond acceptors (Lipinski definition) is 3. The standard InChI is InChI=1S/C21H22BCl2NO2/c1-13-21(2,3)27-22(26-13)16-6-7-17-15(9-16)11-25(4)12-18(17)14-5-8-19(23)20(24)10-14/h5-10,18H,1,11-12H2,2-4H3. The normalized spacial score (nSPS) is 21.9. The molecule has 0 bridgehead atoms. The Morgan fingerprint density at radius 3 is 2.59 bits per heavy atom. The molecule has 6 heteroatoms. The van der Waals surface area contributed by atoms with Gasteiger partial charge in [-0.2, -0.15) is 0 Å². The van der Waals surface area contributed by atoms with Crippen LogP contribution in [0.1, 0.15) is 36.5 Å². The van der Waals surface area contributed by atoms with Crippen LogP contribution in [-0.4, -0.2) is 31.2 Å². The Morgan fingerprint density at radius 2 is 1.93 bits per heavy atom. The summed E-state index contributed by atoms with van der Waals surface area (Å²) in [7, 11) is 1.72. The Labute approximate surface area is 171 Å². The molecule has 27 heavy (non-hydrogen) atoms. The number of rotatable bonds is 2. The maximum absolute atomic E-state index is 6.26. The zero-order valence-electron chi connectivity index (χ0n) is 15.8. The van der Waals surface area contributed by atoms with Crippen LogP contribution in [0.2, 0.25) is 10.0 Å². The van der Waals surface area contributed by atoms with Crippen LogP contribution in [-0.2, 0) is 15.9 Å². The Balaban J connectivity index is 1.69. The molecule has 3 nitrogen and oxygen atoms in total. The minimum Gasteiger partial charge on any atom is -0.534 e. The lowest BCUT2D eigenvalue weighted by atomic mass is 9.75.